The summed E-state index contributed by atoms with van der Waals surface area (Å²) in [6, 6.07) is 10.8. The van der Waals surface area contributed by atoms with Gasteiger partial charge in [0, 0.05) is 17.7 Å². The van der Waals surface area contributed by atoms with Gasteiger partial charge in [-0.1, -0.05) is 12.1 Å². The van der Waals surface area contributed by atoms with E-state index in [-0.39, 0.29) is 17.5 Å². The molecule has 2 heterocycles. The SMILES string of the molecule is CC1NNc2cc(-c3cc(C4=NC(SCC(=O)O)NN4)cc([N+](=O)[O-])c3)ccc21. The Labute approximate surface area is 169 Å². The molecular weight excluding hydrogens is 396 g/mol. The third-order valence-electron chi connectivity index (χ3n) is 4.60. The summed E-state index contributed by atoms with van der Waals surface area (Å²) in [5.41, 5.74) is 15.6. The number of carboxylic acids is 1. The summed E-state index contributed by atoms with van der Waals surface area (Å²) in [7, 11) is 0. The Morgan fingerprint density at radius 1 is 1.17 bits per heavy atom. The lowest BCUT2D eigenvalue weighted by molar-refractivity contribution is -0.384. The van der Waals surface area contributed by atoms with Crippen LogP contribution in [0.4, 0.5) is 11.4 Å². The largest absolute Gasteiger partial charge is 0.481 e. The van der Waals surface area contributed by atoms with Crippen molar-refractivity contribution in [1.82, 2.24) is 16.3 Å². The highest BCUT2D eigenvalue weighted by Crippen LogP contribution is 2.34. The highest BCUT2D eigenvalue weighted by Gasteiger charge is 2.22. The fourth-order valence-corrected chi connectivity index (χ4v) is 3.82. The second kappa shape index (κ2) is 7.70. The van der Waals surface area contributed by atoms with E-state index < -0.39 is 16.4 Å². The number of rotatable bonds is 6. The number of non-ortho nitro benzene ring substituents is 1. The van der Waals surface area contributed by atoms with Gasteiger partial charge in [-0.15, -0.1) is 11.8 Å². The van der Waals surface area contributed by atoms with Crippen molar-refractivity contribution in [1.29, 1.82) is 0 Å². The quantitative estimate of drug-likeness (QED) is 0.355. The van der Waals surface area contributed by atoms with Crippen LogP contribution in [0.3, 0.4) is 0 Å². The van der Waals surface area contributed by atoms with Crippen molar-refractivity contribution in [2.24, 2.45) is 4.99 Å². The van der Waals surface area contributed by atoms with Gasteiger partial charge in [0.2, 0.25) is 0 Å². The van der Waals surface area contributed by atoms with Gasteiger partial charge in [-0.2, -0.15) is 0 Å². The third kappa shape index (κ3) is 4.01. The van der Waals surface area contributed by atoms with Gasteiger partial charge in [-0.3, -0.25) is 14.9 Å². The zero-order valence-electron chi connectivity index (χ0n) is 15.3. The fraction of sp³-hybridized carbons (Fsp3) is 0.222. The number of anilines is 1. The van der Waals surface area contributed by atoms with Crippen molar-refractivity contribution < 1.29 is 14.8 Å². The van der Waals surface area contributed by atoms with Crippen LogP contribution in [0.1, 0.15) is 24.1 Å². The van der Waals surface area contributed by atoms with Crippen LogP contribution in [0.2, 0.25) is 0 Å². The monoisotopic (exact) mass is 414 g/mol. The second-order valence-electron chi connectivity index (χ2n) is 6.62. The number of aliphatic imine (C=N–C) groups is 1. The maximum Gasteiger partial charge on any atom is 0.313 e. The van der Waals surface area contributed by atoms with E-state index >= 15 is 0 Å². The van der Waals surface area contributed by atoms with E-state index in [2.05, 4.69) is 26.7 Å². The molecule has 0 amide bonds. The maximum absolute atomic E-state index is 11.5. The van der Waals surface area contributed by atoms with Gasteiger partial charge < -0.3 is 16.0 Å². The zero-order chi connectivity index (χ0) is 20.5. The van der Waals surface area contributed by atoms with E-state index in [4.69, 9.17) is 5.11 Å². The molecule has 2 unspecified atom stereocenters. The molecule has 150 valence electrons. The number of aliphatic carboxylic acids is 1. The smallest absolute Gasteiger partial charge is 0.313 e. The molecule has 0 saturated heterocycles. The number of fused-ring (bicyclic) bond motifs is 1. The number of benzene rings is 2. The van der Waals surface area contributed by atoms with Gasteiger partial charge in [0.25, 0.3) is 5.69 Å². The molecule has 2 atom stereocenters. The molecule has 2 aliphatic rings. The van der Waals surface area contributed by atoms with E-state index in [0.29, 0.717) is 17.0 Å². The van der Waals surface area contributed by atoms with Crippen LogP contribution in [0.5, 0.6) is 0 Å². The van der Waals surface area contributed by atoms with Gasteiger partial charge in [0.1, 0.15) is 5.84 Å². The summed E-state index contributed by atoms with van der Waals surface area (Å²) >= 11 is 1.11. The highest BCUT2D eigenvalue weighted by atomic mass is 32.2. The lowest BCUT2D eigenvalue weighted by atomic mass is 9.98. The molecule has 0 spiro atoms. The Kier molecular flexibility index (Phi) is 5.09. The summed E-state index contributed by atoms with van der Waals surface area (Å²) in [4.78, 5) is 26.1. The van der Waals surface area contributed by atoms with Crippen molar-refractivity contribution in [3.8, 4) is 11.1 Å². The minimum atomic E-state index is -0.938. The van der Waals surface area contributed by atoms with Gasteiger partial charge in [-0.05, 0) is 35.7 Å². The average Bonchev–Trinajstić information content (AvgIpc) is 3.33. The van der Waals surface area contributed by atoms with E-state index in [0.717, 1.165) is 28.6 Å². The molecule has 4 rings (SSSR count). The number of nitro groups is 1. The predicted octanol–water partition coefficient (Wildman–Crippen LogP) is 2.21. The van der Waals surface area contributed by atoms with Crippen LogP contribution in [-0.4, -0.2) is 33.1 Å². The van der Waals surface area contributed by atoms with Crippen molar-refractivity contribution in [3.05, 3.63) is 57.6 Å². The van der Waals surface area contributed by atoms with Crippen molar-refractivity contribution in [2.45, 2.75) is 18.5 Å². The van der Waals surface area contributed by atoms with Crippen LogP contribution < -0.4 is 21.7 Å². The number of nitro benzene ring substituents is 1. The Morgan fingerprint density at radius 2 is 1.97 bits per heavy atom. The molecule has 2 aliphatic heterocycles. The highest BCUT2D eigenvalue weighted by molar-refractivity contribution is 8.00. The Balaban J connectivity index is 1.68. The molecule has 10 nitrogen and oxygen atoms in total. The van der Waals surface area contributed by atoms with Crippen LogP contribution >= 0.6 is 11.8 Å². The molecule has 2 aromatic carbocycles. The van der Waals surface area contributed by atoms with E-state index in [1.807, 2.05) is 31.2 Å². The number of amidine groups is 1. The van der Waals surface area contributed by atoms with Gasteiger partial charge in [-0.25, -0.2) is 15.8 Å². The second-order valence-corrected chi connectivity index (χ2v) is 7.69. The zero-order valence-corrected chi connectivity index (χ0v) is 16.1. The first-order valence-electron chi connectivity index (χ1n) is 8.79. The van der Waals surface area contributed by atoms with Crippen molar-refractivity contribution in [3.63, 3.8) is 0 Å². The minimum Gasteiger partial charge on any atom is -0.481 e. The Hall–Kier alpha value is -3.15. The fourth-order valence-electron chi connectivity index (χ4n) is 3.19. The maximum atomic E-state index is 11.5. The van der Waals surface area contributed by atoms with Crippen LogP contribution in [0.25, 0.3) is 11.1 Å². The summed E-state index contributed by atoms with van der Waals surface area (Å²) in [6.45, 7) is 2.04. The van der Waals surface area contributed by atoms with E-state index in [9.17, 15) is 14.9 Å². The summed E-state index contributed by atoms with van der Waals surface area (Å²) < 4.78 is 0. The number of hydrazine groups is 2. The number of nitrogens with one attached hydrogen (secondary N) is 4. The molecule has 29 heavy (non-hydrogen) atoms. The summed E-state index contributed by atoms with van der Waals surface area (Å²) in [5, 5.41) is 20.3. The number of hydrogen-bond donors (Lipinski definition) is 5. The standard InChI is InChI=1S/C18H18N6O4S/c1-9-14-3-2-10(7-15(14)21-20-9)11-4-12(6-13(5-11)24(27)28)17-19-18(23-22-17)29-8-16(25)26/h2-7,9,18,20-21,23H,8H2,1H3,(H,19,22)(H,25,26). The molecule has 11 heteroatoms. The van der Waals surface area contributed by atoms with Gasteiger partial charge in [0.15, 0.2) is 5.50 Å². The van der Waals surface area contributed by atoms with Crippen LogP contribution in [0, 0.1) is 10.1 Å². The molecule has 0 fully saturated rings. The molecular formula is C18H18N6O4S. The van der Waals surface area contributed by atoms with Crippen molar-refractivity contribution >= 4 is 34.9 Å². The molecule has 0 bridgehead atoms. The summed E-state index contributed by atoms with van der Waals surface area (Å²) in [6.07, 6.45) is 0. The van der Waals surface area contributed by atoms with Gasteiger partial charge >= 0.3 is 5.97 Å². The number of carbonyl (C=O) groups is 1. The van der Waals surface area contributed by atoms with Crippen LogP contribution in [0.15, 0.2) is 41.4 Å². The minimum absolute atomic E-state index is 0.0522. The van der Waals surface area contributed by atoms with Crippen molar-refractivity contribution in [2.75, 3.05) is 11.2 Å². The molecule has 0 radical (unpaired) electrons. The van der Waals surface area contributed by atoms with Crippen LogP contribution in [-0.2, 0) is 4.79 Å². The molecule has 0 aliphatic carbocycles. The van der Waals surface area contributed by atoms with Gasteiger partial charge in [0.05, 0.1) is 22.4 Å². The molecule has 0 aromatic heterocycles. The average molecular weight is 414 g/mol. The number of hydrogen-bond acceptors (Lipinski definition) is 9. The molecule has 5 N–H and O–H groups in total. The lowest BCUT2D eigenvalue weighted by Gasteiger charge is -2.09. The topological polar surface area (TPSA) is 141 Å². The first-order chi connectivity index (χ1) is 13.9. The third-order valence-corrected chi connectivity index (χ3v) is 5.56. The first-order valence-corrected chi connectivity index (χ1v) is 9.84. The number of carboxylic acid groups (broad SMARTS) is 1. The number of thioether (sulfide) groups is 1. The predicted molar refractivity (Wildman–Crippen MR) is 110 cm³/mol. The lowest BCUT2D eigenvalue weighted by Crippen LogP contribution is -2.34. The van der Waals surface area contributed by atoms with E-state index in [1.165, 1.54) is 12.1 Å². The summed E-state index contributed by atoms with van der Waals surface area (Å²) in [5.74, 6) is -0.621. The first kappa shape index (κ1) is 19.2. The Morgan fingerprint density at radius 3 is 2.72 bits per heavy atom. The number of nitrogens with zero attached hydrogens (tertiary/aromatic N) is 2. The molecule has 0 saturated carbocycles. The Bertz CT molecular complexity index is 1030. The normalized spacial score (nSPS) is 19.8. The molecule has 2 aromatic rings. The van der Waals surface area contributed by atoms with E-state index in [1.54, 1.807) is 0 Å².